The number of benzene rings is 3. The zero-order valence-corrected chi connectivity index (χ0v) is 22.1. The fourth-order valence-electron chi connectivity index (χ4n) is 5.52. The highest BCUT2D eigenvalue weighted by Gasteiger charge is 2.32. The number of nitrogens with zero attached hydrogens (tertiary/aromatic N) is 3. The summed E-state index contributed by atoms with van der Waals surface area (Å²) in [5.41, 5.74) is 4.17. The molecule has 6 heteroatoms. The fraction of sp³-hybridized carbons (Fsp3) is 0.312. The van der Waals surface area contributed by atoms with Crippen molar-refractivity contribution in [2.24, 2.45) is 0 Å². The molecular weight excluding hydrogens is 474 g/mol. The third-order valence-electron chi connectivity index (χ3n) is 7.67. The van der Waals surface area contributed by atoms with Crippen LogP contribution in [0.5, 0.6) is 0 Å². The van der Waals surface area contributed by atoms with E-state index >= 15 is 0 Å². The maximum Gasteiger partial charge on any atom is 0.333 e. The van der Waals surface area contributed by atoms with Gasteiger partial charge in [0.2, 0.25) is 0 Å². The molecule has 0 bridgehead atoms. The second-order valence-corrected chi connectivity index (χ2v) is 9.91. The van der Waals surface area contributed by atoms with Crippen LogP contribution >= 0.6 is 0 Å². The van der Waals surface area contributed by atoms with Gasteiger partial charge in [0.1, 0.15) is 6.04 Å². The van der Waals surface area contributed by atoms with E-state index in [2.05, 4.69) is 17.0 Å². The van der Waals surface area contributed by atoms with Gasteiger partial charge in [0.25, 0.3) is 0 Å². The van der Waals surface area contributed by atoms with E-state index in [-0.39, 0.29) is 23.7 Å². The lowest BCUT2D eigenvalue weighted by atomic mass is 9.88. The topological polar surface area (TPSA) is 56.5 Å². The molecule has 6 nitrogen and oxygen atoms in total. The third-order valence-corrected chi connectivity index (χ3v) is 7.67. The van der Waals surface area contributed by atoms with Crippen molar-refractivity contribution in [3.63, 3.8) is 0 Å². The minimum absolute atomic E-state index is 0.0382. The van der Waals surface area contributed by atoms with Crippen LogP contribution in [0.3, 0.4) is 0 Å². The lowest BCUT2D eigenvalue weighted by molar-refractivity contribution is -0.150. The van der Waals surface area contributed by atoms with Gasteiger partial charge in [0.05, 0.1) is 18.3 Å². The first-order valence-corrected chi connectivity index (χ1v) is 13.5. The monoisotopic (exact) mass is 509 g/mol. The Morgan fingerprint density at radius 3 is 2.08 bits per heavy atom. The van der Waals surface area contributed by atoms with Crippen molar-refractivity contribution in [2.75, 3.05) is 19.7 Å². The van der Waals surface area contributed by atoms with E-state index in [1.54, 1.807) is 9.13 Å². The second-order valence-electron chi connectivity index (χ2n) is 9.91. The molecule has 4 aromatic rings. The number of imidazole rings is 1. The van der Waals surface area contributed by atoms with Gasteiger partial charge in [-0.3, -0.25) is 14.0 Å². The smallest absolute Gasteiger partial charge is 0.333 e. The van der Waals surface area contributed by atoms with Crippen LogP contribution in [-0.4, -0.2) is 39.7 Å². The van der Waals surface area contributed by atoms with Gasteiger partial charge in [-0.25, -0.2) is 9.59 Å². The summed E-state index contributed by atoms with van der Waals surface area (Å²) in [7, 11) is 0. The predicted molar refractivity (Wildman–Crippen MR) is 150 cm³/mol. The Morgan fingerprint density at radius 2 is 1.47 bits per heavy atom. The number of ether oxygens (including phenoxy) is 1. The average molecular weight is 510 g/mol. The minimum atomic E-state index is -0.367. The zero-order valence-electron chi connectivity index (χ0n) is 22.1. The number of hydrogen-bond acceptors (Lipinski definition) is 4. The molecule has 2 atom stereocenters. The van der Waals surface area contributed by atoms with Crippen LogP contribution in [0, 0.1) is 0 Å². The van der Waals surface area contributed by atoms with E-state index < -0.39 is 0 Å². The molecule has 38 heavy (non-hydrogen) atoms. The van der Waals surface area contributed by atoms with Gasteiger partial charge in [-0.05, 0) is 74.5 Å². The van der Waals surface area contributed by atoms with Crippen LogP contribution in [0.1, 0.15) is 61.4 Å². The summed E-state index contributed by atoms with van der Waals surface area (Å²) in [5.74, 6) is 0.235. The molecule has 1 aliphatic heterocycles. The lowest BCUT2D eigenvalue weighted by Crippen LogP contribution is -2.40. The molecule has 1 saturated heterocycles. The van der Waals surface area contributed by atoms with Crippen LogP contribution in [0.4, 0.5) is 0 Å². The Bertz CT molecular complexity index is 1390. The van der Waals surface area contributed by atoms with Crippen LogP contribution in [0.25, 0.3) is 5.69 Å². The Morgan fingerprint density at radius 1 is 0.868 bits per heavy atom. The molecule has 0 N–H and O–H groups in total. The molecule has 0 amide bonds. The summed E-state index contributed by atoms with van der Waals surface area (Å²) in [5, 5.41) is 0. The van der Waals surface area contributed by atoms with E-state index in [0.717, 1.165) is 42.7 Å². The number of likely N-dealkylation sites (tertiary alicyclic amines) is 1. The molecule has 196 valence electrons. The van der Waals surface area contributed by atoms with Crippen LogP contribution in [-0.2, 0) is 9.53 Å². The maximum absolute atomic E-state index is 13.2. The Kier molecular flexibility index (Phi) is 7.89. The first-order valence-electron chi connectivity index (χ1n) is 13.5. The number of aromatic nitrogens is 2. The normalized spacial score (nSPS) is 16.2. The van der Waals surface area contributed by atoms with Crippen molar-refractivity contribution in [3.8, 4) is 5.69 Å². The van der Waals surface area contributed by atoms with Gasteiger partial charge >= 0.3 is 11.7 Å². The summed E-state index contributed by atoms with van der Waals surface area (Å²) in [6.45, 7) is 5.92. The highest BCUT2D eigenvalue weighted by atomic mass is 16.5. The van der Waals surface area contributed by atoms with Crippen molar-refractivity contribution < 1.29 is 9.53 Å². The third kappa shape index (κ3) is 5.36. The highest BCUT2D eigenvalue weighted by molar-refractivity contribution is 5.77. The number of rotatable bonds is 8. The predicted octanol–water partition coefficient (Wildman–Crippen LogP) is 5.73. The van der Waals surface area contributed by atoms with Crippen molar-refractivity contribution in [1.82, 2.24) is 14.0 Å². The van der Waals surface area contributed by atoms with Gasteiger partial charge in [0.15, 0.2) is 0 Å². The first-order chi connectivity index (χ1) is 18.6. The average Bonchev–Trinajstić information content (AvgIpc) is 3.35. The molecule has 1 unspecified atom stereocenters. The van der Waals surface area contributed by atoms with Crippen molar-refractivity contribution in [2.45, 2.75) is 44.7 Å². The molecule has 0 spiro atoms. The van der Waals surface area contributed by atoms with Gasteiger partial charge < -0.3 is 4.74 Å². The fourth-order valence-corrected chi connectivity index (χ4v) is 5.52. The largest absolute Gasteiger partial charge is 0.465 e. The van der Waals surface area contributed by atoms with E-state index in [1.807, 2.05) is 99.0 Å². The van der Waals surface area contributed by atoms with Crippen molar-refractivity contribution in [1.29, 1.82) is 0 Å². The first kappa shape index (κ1) is 25.7. The molecule has 1 aromatic heterocycles. The molecule has 0 saturated carbocycles. The quantitative estimate of drug-likeness (QED) is 0.285. The minimum Gasteiger partial charge on any atom is -0.465 e. The molecule has 5 rings (SSSR count). The summed E-state index contributed by atoms with van der Waals surface area (Å²) in [4.78, 5) is 28.2. The van der Waals surface area contributed by atoms with E-state index in [9.17, 15) is 9.59 Å². The van der Waals surface area contributed by atoms with Gasteiger partial charge in [-0.2, -0.15) is 0 Å². The molecular formula is C32H35N3O3. The molecule has 0 radical (unpaired) electrons. The number of hydrogen-bond donors (Lipinski definition) is 0. The second kappa shape index (κ2) is 11.7. The number of carbonyl (C=O) groups is 1. The summed E-state index contributed by atoms with van der Waals surface area (Å²) < 4.78 is 8.89. The maximum atomic E-state index is 13.2. The Hall–Kier alpha value is -3.90. The number of esters is 1. The summed E-state index contributed by atoms with van der Waals surface area (Å²) in [6.07, 6.45) is 5.63. The van der Waals surface area contributed by atoms with Crippen LogP contribution < -0.4 is 5.69 Å². The van der Waals surface area contributed by atoms with Gasteiger partial charge in [-0.15, -0.1) is 0 Å². The molecule has 2 heterocycles. The highest BCUT2D eigenvalue weighted by Crippen LogP contribution is 2.33. The standard InChI is InChI=1S/C32H35N3O3/c1-3-38-31(36)30(28-12-8-5-9-13-28)33-20-18-27(19-21-33)26-14-16-29(17-15-26)35-23-22-34(32(35)37)24(2)25-10-6-4-7-11-25/h4-17,22-24,27,30H,3,18-21H2,1-2H3/t24-,30?/m1/s1. The van der Waals surface area contributed by atoms with Crippen molar-refractivity contribution >= 4 is 5.97 Å². The molecule has 1 aliphatic rings. The van der Waals surface area contributed by atoms with E-state index in [0.29, 0.717) is 12.5 Å². The summed E-state index contributed by atoms with van der Waals surface area (Å²) >= 11 is 0. The van der Waals surface area contributed by atoms with Crippen LogP contribution in [0.2, 0.25) is 0 Å². The summed E-state index contributed by atoms with van der Waals surface area (Å²) in [6, 6.07) is 27.9. The van der Waals surface area contributed by atoms with Gasteiger partial charge in [-0.1, -0.05) is 72.8 Å². The lowest BCUT2D eigenvalue weighted by Gasteiger charge is -2.36. The Labute approximate surface area is 224 Å². The Balaban J connectivity index is 1.27. The van der Waals surface area contributed by atoms with Gasteiger partial charge in [0, 0.05) is 12.4 Å². The molecule has 1 fully saturated rings. The zero-order chi connectivity index (χ0) is 26.5. The van der Waals surface area contributed by atoms with E-state index in [4.69, 9.17) is 4.74 Å². The molecule has 3 aromatic carbocycles. The number of piperidine rings is 1. The van der Waals surface area contributed by atoms with Crippen LogP contribution in [0.15, 0.2) is 102 Å². The van der Waals surface area contributed by atoms with Crippen molar-refractivity contribution in [3.05, 3.63) is 124 Å². The molecule has 0 aliphatic carbocycles. The SMILES string of the molecule is CCOC(=O)C(c1ccccc1)N1CCC(c2ccc(-n3ccn([C@H](C)c4ccccc4)c3=O)cc2)CC1. The number of carbonyl (C=O) groups excluding carboxylic acids is 1. The van der Waals surface area contributed by atoms with E-state index in [1.165, 1.54) is 5.56 Å².